The number of nitro benzene ring substituents is 1. The van der Waals surface area contributed by atoms with E-state index in [4.69, 9.17) is 5.73 Å². The zero-order valence-electron chi connectivity index (χ0n) is 11.0. The van der Waals surface area contributed by atoms with Crippen LogP contribution in [-0.4, -0.2) is 4.92 Å². The molecule has 0 aliphatic carbocycles. The summed E-state index contributed by atoms with van der Waals surface area (Å²) in [5.41, 5.74) is 9.20. The zero-order chi connectivity index (χ0) is 14.0. The topological polar surface area (TPSA) is 69.2 Å². The summed E-state index contributed by atoms with van der Waals surface area (Å²) in [5.74, 6) is 0.0282. The fourth-order valence-electron chi connectivity index (χ4n) is 2.14. The van der Waals surface area contributed by atoms with Crippen molar-refractivity contribution < 1.29 is 4.92 Å². The lowest BCUT2D eigenvalue weighted by molar-refractivity contribution is -0.383. The molecule has 0 saturated carbocycles. The van der Waals surface area contributed by atoms with Crippen LogP contribution in [0.2, 0.25) is 0 Å². The summed E-state index contributed by atoms with van der Waals surface area (Å²) >= 11 is 0. The van der Waals surface area contributed by atoms with Gasteiger partial charge in [0.2, 0.25) is 0 Å². The maximum Gasteiger partial charge on any atom is 0.292 e. The van der Waals surface area contributed by atoms with Crippen LogP contribution in [0.25, 0.3) is 0 Å². The average molecular weight is 256 g/mol. The fraction of sp³-hybridized carbons (Fsp3) is 0.200. The molecule has 98 valence electrons. The van der Waals surface area contributed by atoms with Crippen LogP contribution in [0.3, 0.4) is 0 Å². The Hall–Kier alpha value is -2.36. The predicted octanol–water partition coefficient (Wildman–Crippen LogP) is 3.64. The molecule has 2 aromatic carbocycles. The maximum atomic E-state index is 10.9. The van der Waals surface area contributed by atoms with Gasteiger partial charge in [-0.25, -0.2) is 0 Å². The van der Waals surface area contributed by atoms with Crippen LogP contribution >= 0.6 is 0 Å². The summed E-state index contributed by atoms with van der Waals surface area (Å²) in [7, 11) is 0. The van der Waals surface area contributed by atoms with Gasteiger partial charge in [-0.3, -0.25) is 10.1 Å². The predicted molar refractivity (Wildman–Crippen MR) is 76.2 cm³/mol. The molecular formula is C15H16N2O2. The molecule has 0 heterocycles. The molecule has 2 rings (SSSR count). The number of hydrogen-bond donors (Lipinski definition) is 1. The molecule has 0 fully saturated rings. The van der Waals surface area contributed by atoms with Crippen LogP contribution in [0.15, 0.2) is 42.5 Å². The molecule has 0 saturated heterocycles. The highest BCUT2D eigenvalue weighted by atomic mass is 16.6. The van der Waals surface area contributed by atoms with Crippen molar-refractivity contribution in [2.75, 3.05) is 5.73 Å². The van der Waals surface area contributed by atoms with Crippen LogP contribution in [-0.2, 0) is 0 Å². The van der Waals surface area contributed by atoms with Gasteiger partial charge in [-0.1, -0.05) is 48.9 Å². The minimum atomic E-state index is -0.444. The second-order valence-corrected chi connectivity index (χ2v) is 4.67. The van der Waals surface area contributed by atoms with Gasteiger partial charge >= 0.3 is 0 Å². The summed E-state index contributed by atoms with van der Waals surface area (Å²) in [6.07, 6.45) is 0. The van der Waals surface area contributed by atoms with Crippen molar-refractivity contribution in [2.24, 2.45) is 0 Å². The molecule has 2 aromatic rings. The van der Waals surface area contributed by atoms with Crippen molar-refractivity contribution in [3.63, 3.8) is 0 Å². The van der Waals surface area contributed by atoms with Crippen molar-refractivity contribution in [3.05, 3.63) is 69.3 Å². The summed E-state index contributed by atoms with van der Waals surface area (Å²) in [4.78, 5) is 10.5. The van der Waals surface area contributed by atoms with Crippen molar-refractivity contribution in [1.82, 2.24) is 0 Å². The van der Waals surface area contributed by atoms with Crippen molar-refractivity contribution in [3.8, 4) is 0 Å². The Morgan fingerprint density at radius 2 is 1.79 bits per heavy atom. The Labute approximate surface area is 112 Å². The number of benzene rings is 2. The van der Waals surface area contributed by atoms with Crippen LogP contribution < -0.4 is 5.73 Å². The lowest BCUT2D eigenvalue weighted by atomic mass is 9.91. The number of nitrogen functional groups attached to an aromatic ring is 1. The summed E-state index contributed by atoms with van der Waals surface area (Å²) < 4.78 is 0. The quantitative estimate of drug-likeness (QED) is 0.518. The van der Waals surface area contributed by atoms with E-state index in [9.17, 15) is 10.1 Å². The molecule has 0 radical (unpaired) electrons. The Balaban J connectivity index is 2.44. The second kappa shape index (κ2) is 5.10. The third-order valence-electron chi connectivity index (χ3n) is 3.36. The molecule has 0 amide bonds. The number of nitro groups is 1. The molecule has 1 unspecified atom stereocenters. The molecular weight excluding hydrogens is 240 g/mol. The standard InChI is InChI=1S/C15H16N2O2/c1-10-6-8-12(9-7-10)11(2)13-4-3-5-14(15(13)16)17(18)19/h3-9,11H,16H2,1-2H3. The normalized spacial score (nSPS) is 12.1. The molecule has 0 aliphatic heterocycles. The number of nitrogens with zero attached hydrogens (tertiary/aromatic N) is 1. The Morgan fingerprint density at radius 3 is 2.37 bits per heavy atom. The largest absolute Gasteiger partial charge is 0.393 e. The van der Waals surface area contributed by atoms with Crippen molar-refractivity contribution >= 4 is 11.4 Å². The smallest absolute Gasteiger partial charge is 0.292 e. The van der Waals surface area contributed by atoms with E-state index in [0.717, 1.165) is 11.1 Å². The minimum Gasteiger partial charge on any atom is -0.393 e. The molecule has 1 atom stereocenters. The van der Waals surface area contributed by atoms with E-state index < -0.39 is 4.92 Å². The lowest BCUT2D eigenvalue weighted by Gasteiger charge is -2.15. The van der Waals surface area contributed by atoms with Crippen molar-refractivity contribution in [2.45, 2.75) is 19.8 Å². The number of aryl methyl sites for hydroxylation is 1. The summed E-state index contributed by atoms with van der Waals surface area (Å²) in [5, 5.41) is 10.9. The summed E-state index contributed by atoms with van der Waals surface area (Å²) in [6, 6.07) is 13.1. The molecule has 4 heteroatoms. The van der Waals surface area contributed by atoms with Gasteiger partial charge < -0.3 is 5.73 Å². The Kier molecular flexibility index (Phi) is 3.51. The third-order valence-corrected chi connectivity index (χ3v) is 3.36. The van der Waals surface area contributed by atoms with Gasteiger partial charge in [0, 0.05) is 12.0 Å². The van der Waals surface area contributed by atoms with Crippen LogP contribution in [0, 0.1) is 17.0 Å². The van der Waals surface area contributed by atoms with E-state index in [0.29, 0.717) is 0 Å². The Bertz CT molecular complexity index is 606. The molecule has 0 spiro atoms. The lowest BCUT2D eigenvalue weighted by Crippen LogP contribution is -2.04. The first-order valence-electron chi connectivity index (χ1n) is 6.10. The van der Waals surface area contributed by atoms with Crippen LogP contribution in [0.1, 0.15) is 29.5 Å². The van der Waals surface area contributed by atoms with E-state index in [1.807, 2.05) is 44.2 Å². The van der Waals surface area contributed by atoms with Gasteiger partial charge in [0.25, 0.3) is 5.69 Å². The van der Waals surface area contributed by atoms with E-state index in [-0.39, 0.29) is 17.3 Å². The SMILES string of the molecule is Cc1ccc(C(C)c2cccc([N+](=O)[O-])c2N)cc1. The molecule has 19 heavy (non-hydrogen) atoms. The van der Waals surface area contributed by atoms with Gasteiger partial charge in [0.05, 0.1) is 4.92 Å². The summed E-state index contributed by atoms with van der Waals surface area (Å²) in [6.45, 7) is 4.02. The monoisotopic (exact) mass is 256 g/mol. The molecule has 2 N–H and O–H groups in total. The first-order chi connectivity index (χ1) is 9.00. The average Bonchev–Trinajstić information content (AvgIpc) is 2.38. The highest BCUT2D eigenvalue weighted by molar-refractivity contribution is 5.65. The van der Waals surface area contributed by atoms with Gasteiger partial charge in [-0.05, 0) is 18.1 Å². The molecule has 0 aromatic heterocycles. The number of nitrogens with two attached hydrogens (primary N) is 1. The van der Waals surface area contributed by atoms with Crippen molar-refractivity contribution in [1.29, 1.82) is 0 Å². The van der Waals surface area contributed by atoms with Crippen LogP contribution in [0.4, 0.5) is 11.4 Å². The minimum absolute atomic E-state index is 0.0282. The number of rotatable bonds is 3. The third kappa shape index (κ3) is 2.57. The van der Waals surface area contributed by atoms with Gasteiger partial charge in [0.15, 0.2) is 0 Å². The fourth-order valence-corrected chi connectivity index (χ4v) is 2.14. The number of anilines is 1. The zero-order valence-corrected chi connectivity index (χ0v) is 11.0. The molecule has 0 aliphatic rings. The first kappa shape index (κ1) is 13.1. The first-order valence-corrected chi connectivity index (χ1v) is 6.10. The maximum absolute atomic E-state index is 10.9. The van der Waals surface area contributed by atoms with E-state index in [2.05, 4.69) is 0 Å². The number of para-hydroxylation sites is 1. The highest BCUT2D eigenvalue weighted by Gasteiger charge is 2.18. The Morgan fingerprint density at radius 1 is 1.16 bits per heavy atom. The van der Waals surface area contributed by atoms with Crippen LogP contribution in [0.5, 0.6) is 0 Å². The highest BCUT2D eigenvalue weighted by Crippen LogP contribution is 2.33. The number of hydrogen-bond acceptors (Lipinski definition) is 3. The molecule has 4 nitrogen and oxygen atoms in total. The molecule has 0 bridgehead atoms. The van der Waals surface area contributed by atoms with E-state index >= 15 is 0 Å². The van der Waals surface area contributed by atoms with Gasteiger partial charge in [0.1, 0.15) is 5.69 Å². The van der Waals surface area contributed by atoms with Gasteiger partial charge in [-0.2, -0.15) is 0 Å². The van der Waals surface area contributed by atoms with E-state index in [1.54, 1.807) is 6.07 Å². The second-order valence-electron chi connectivity index (χ2n) is 4.67. The van der Waals surface area contributed by atoms with Gasteiger partial charge in [-0.15, -0.1) is 0 Å². The van der Waals surface area contributed by atoms with E-state index in [1.165, 1.54) is 11.6 Å².